The van der Waals surface area contributed by atoms with Gasteiger partial charge in [0.2, 0.25) is 0 Å². The quantitative estimate of drug-likeness (QED) is 0.430. The number of aromatic hydroxyl groups is 2. The molecule has 0 fully saturated rings. The van der Waals surface area contributed by atoms with Gasteiger partial charge in [0.15, 0.2) is 17.1 Å². The Morgan fingerprint density at radius 3 is 2.62 bits per heavy atom. The van der Waals surface area contributed by atoms with Gasteiger partial charge in [0.1, 0.15) is 5.65 Å². The van der Waals surface area contributed by atoms with Crippen molar-refractivity contribution in [1.29, 1.82) is 0 Å². The maximum Gasteiger partial charge on any atom is 0.257 e. The number of aryl methyl sites for hydroxylation is 1. The molecule has 0 aliphatic heterocycles. The minimum absolute atomic E-state index is 0.266. The predicted octanol–water partition coefficient (Wildman–Crippen LogP) is 2.05. The van der Waals surface area contributed by atoms with Crippen LogP contribution in [0, 0.1) is 6.92 Å². The highest BCUT2D eigenvalue weighted by molar-refractivity contribution is 6.05. The molecular formula is C15H11N3O3. The van der Waals surface area contributed by atoms with Gasteiger partial charge in [-0.2, -0.15) is 0 Å². The number of rotatable bonds is 0. The number of phenols is 2. The molecule has 0 aliphatic carbocycles. The molecular weight excluding hydrogens is 270 g/mol. The maximum atomic E-state index is 12.1. The van der Waals surface area contributed by atoms with E-state index in [0.29, 0.717) is 27.6 Å². The number of fused-ring (bicyclic) bond motifs is 5. The van der Waals surface area contributed by atoms with E-state index in [0.717, 1.165) is 5.69 Å². The number of nitrogens with one attached hydrogen (secondary N) is 1. The molecule has 3 N–H and O–H groups in total. The van der Waals surface area contributed by atoms with Crippen molar-refractivity contribution in [3.05, 3.63) is 46.4 Å². The Morgan fingerprint density at radius 2 is 1.86 bits per heavy atom. The van der Waals surface area contributed by atoms with E-state index in [2.05, 4.69) is 9.97 Å². The Kier molecular flexibility index (Phi) is 2.11. The van der Waals surface area contributed by atoms with Gasteiger partial charge in [-0.1, -0.05) is 6.07 Å². The number of benzene rings is 1. The lowest BCUT2D eigenvalue weighted by Crippen LogP contribution is -2.06. The van der Waals surface area contributed by atoms with E-state index in [1.807, 2.05) is 29.5 Å². The highest BCUT2D eigenvalue weighted by Crippen LogP contribution is 2.32. The highest BCUT2D eigenvalue weighted by atomic mass is 16.3. The molecule has 6 heteroatoms. The first kappa shape index (κ1) is 11.8. The first-order valence-corrected chi connectivity index (χ1v) is 6.42. The summed E-state index contributed by atoms with van der Waals surface area (Å²) in [6, 6.07) is 8.33. The average Bonchev–Trinajstić information content (AvgIpc) is 2.80. The molecule has 0 atom stereocenters. The smallest absolute Gasteiger partial charge is 0.257 e. The highest BCUT2D eigenvalue weighted by Gasteiger charge is 2.15. The lowest BCUT2D eigenvalue weighted by Gasteiger charge is -2.05. The van der Waals surface area contributed by atoms with E-state index in [-0.39, 0.29) is 17.1 Å². The van der Waals surface area contributed by atoms with Gasteiger partial charge < -0.3 is 15.2 Å². The van der Waals surface area contributed by atoms with E-state index in [1.165, 1.54) is 12.1 Å². The van der Waals surface area contributed by atoms with Gasteiger partial charge in [-0.05, 0) is 31.2 Å². The van der Waals surface area contributed by atoms with Crippen molar-refractivity contribution in [2.24, 2.45) is 0 Å². The van der Waals surface area contributed by atoms with Crippen LogP contribution in [0.4, 0.5) is 0 Å². The number of nitrogens with zero attached hydrogens (tertiary/aromatic N) is 2. The number of pyridine rings is 2. The number of hydrogen-bond donors (Lipinski definition) is 3. The Labute approximate surface area is 117 Å². The van der Waals surface area contributed by atoms with Crippen LogP contribution < -0.4 is 5.56 Å². The standard InChI is InChI=1S/C15H11N3O3/c1-7-3-2-4-12-16-14-13(18(7)12)8-5-10(19)11(20)6-9(8)15(21)17-14/h2-6,19-20H,1H3,(H,17,21). The fraction of sp³-hybridized carbons (Fsp3) is 0.0667. The van der Waals surface area contributed by atoms with E-state index < -0.39 is 0 Å². The van der Waals surface area contributed by atoms with Crippen molar-refractivity contribution in [3.8, 4) is 11.5 Å². The SMILES string of the molecule is Cc1cccc2nc3[nH]c(=O)c4cc(O)c(O)cc4c3n12. The monoisotopic (exact) mass is 281 g/mol. The van der Waals surface area contributed by atoms with Crippen LogP contribution in [-0.4, -0.2) is 24.6 Å². The Hall–Kier alpha value is -3.02. The molecule has 6 nitrogen and oxygen atoms in total. The van der Waals surface area contributed by atoms with Crippen LogP contribution in [0.2, 0.25) is 0 Å². The van der Waals surface area contributed by atoms with Crippen LogP contribution in [0.25, 0.3) is 27.6 Å². The summed E-state index contributed by atoms with van der Waals surface area (Å²) in [6.45, 7) is 1.94. The van der Waals surface area contributed by atoms with Crippen molar-refractivity contribution in [3.63, 3.8) is 0 Å². The molecule has 3 aromatic heterocycles. The number of hydrogen-bond acceptors (Lipinski definition) is 4. The fourth-order valence-electron chi connectivity index (χ4n) is 2.73. The number of phenolic OH excluding ortho intramolecular Hbond substituents is 2. The number of H-pyrrole nitrogens is 1. The van der Waals surface area contributed by atoms with E-state index in [9.17, 15) is 15.0 Å². The zero-order chi connectivity index (χ0) is 14.7. The minimum Gasteiger partial charge on any atom is -0.504 e. The third kappa shape index (κ3) is 1.47. The van der Waals surface area contributed by atoms with E-state index >= 15 is 0 Å². The van der Waals surface area contributed by atoms with Crippen LogP contribution in [0.15, 0.2) is 35.1 Å². The van der Waals surface area contributed by atoms with Gasteiger partial charge in [-0.3, -0.25) is 9.20 Å². The number of imidazole rings is 1. The Bertz CT molecular complexity index is 1090. The molecule has 0 amide bonds. The first-order chi connectivity index (χ1) is 10.1. The van der Waals surface area contributed by atoms with Gasteiger partial charge in [-0.25, -0.2) is 4.98 Å². The molecule has 1 aromatic carbocycles. The molecule has 3 heterocycles. The minimum atomic E-state index is -0.353. The third-order valence-electron chi connectivity index (χ3n) is 3.69. The van der Waals surface area contributed by atoms with Crippen LogP contribution in [-0.2, 0) is 0 Å². The summed E-state index contributed by atoms with van der Waals surface area (Å²) in [5, 5.41) is 20.2. The normalized spacial score (nSPS) is 11.7. The lowest BCUT2D eigenvalue weighted by molar-refractivity contribution is 0.405. The summed E-state index contributed by atoms with van der Waals surface area (Å²) in [6.07, 6.45) is 0. The van der Waals surface area contributed by atoms with Gasteiger partial charge in [-0.15, -0.1) is 0 Å². The third-order valence-corrected chi connectivity index (χ3v) is 3.69. The van der Waals surface area contributed by atoms with Gasteiger partial charge in [0.05, 0.1) is 10.9 Å². The maximum absolute atomic E-state index is 12.1. The van der Waals surface area contributed by atoms with Crippen LogP contribution in [0.5, 0.6) is 11.5 Å². The predicted molar refractivity (Wildman–Crippen MR) is 78.9 cm³/mol. The first-order valence-electron chi connectivity index (χ1n) is 6.42. The fourth-order valence-corrected chi connectivity index (χ4v) is 2.73. The number of aromatic amines is 1. The van der Waals surface area contributed by atoms with Gasteiger partial charge in [0, 0.05) is 11.1 Å². The molecule has 104 valence electrons. The largest absolute Gasteiger partial charge is 0.504 e. The topological polar surface area (TPSA) is 90.6 Å². The van der Waals surface area contributed by atoms with E-state index in [4.69, 9.17) is 0 Å². The van der Waals surface area contributed by atoms with Gasteiger partial charge >= 0.3 is 0 Å². The van der Waals surface area contributed by atoms with Crippen molar-refractivity contribution in [1.82, 2.24) is 14.4 Å². The molecule has 0 aliphatic rings. The zero-order valence-electron chi connectivity index (χ0n) is 11.1. The van der Waals surface area contributed by atoms with Crippen molar-refractivity contribution >= 4 is 27.6 Å². The molecule has 0 bridgehead atoms. The summed E-state index contributed by atoms with van der Waals surface area (Å²) < 4.78 is 1.91. The van der Waals surface area contributed by atoms with Crippen molar-refractivity contribution < 1.29 is 10.2 Å². The van der Waals surface area contributed by atoms with Crippen LogP contribution in [0.3, 0.4) is 0 Å². The van der Waals surface area contributed by atoms with E-state index in [1.54, 1.807) is 0 Å². The second-order valence-corrected chi connectivity index (χ2v) is 5.01. The Balaban J connectivity index is 2.40. The molecule has 4 rings (SSSR count). The van der Waals surface area contributed by atoms with Crippen LogP contribution in [0.1, 0.15) is 5.69 Å². The van der Waals surface area contributed by atoms with Crippen molar-refractivity contribution in [2.45, 2.75) is 6.92 Å². The summed E-state index contributed by atoms with van der Waals surface area (Å²) in [7, 11) is 0. The molecule has 21 heavy (non-hydrogen) atoms. The molecule has 0 unspecified atom stereocenters. The van der Waals surface area contributed by atoms with Crippen molar-refractivity contribution in [2.75, 3.05) is 0 Å². The molecule has 0 saturated heterocycles. The summed E-state index contributed by atoms with van der Waals surface area (Å²) >= 11 is 0. The zero-order valence-corrected chi connectivity index (χ0v) is 11.1. The molecule has 0 radical (unpaired) electrons. The van der Waals surface area contributed by atoms with Crippen LogP contribution >= 0.6 is 0 Å². The average molecular weight is 281 g/mol. The Morgan fingerprint density at radius 1 is 1.14 bits per heavy atom. The summed E-state index contributed by atoms with van der Waals surface area (Å²) in [5.41, 5.74) is 2.46. The molecule has 0 saturated carbocycles. The second-order valence-electron chi connectivity index (χ2n) is 5.01. The molecule has 0 spiro atoms. The molecule has 4 aromatic rings. The summed E-state index contributed by atoms with van der Waals surface area (Å²) in [5.74, 6) is -0.587. The summed E-state index contributed by atoms with van der Waals surface area (Å²) in [4.78, 5) is 19.2. The van der Waals surface area contributed by atoms with Gasteiger partial charge in [0.25, 0.3) is 5.56 Å². The second kappa shape index (κ2) is 3.76. The lowest BCUT2D eigenvalue weighted by atomic mass is 10.1. The number of aromatic nitrogens is 3.